The minimum atomic E-state index is -0.484. The Balaban J connectivity index is 1.97. The van der Waals surface area contributed by atoms with Gasteiger partial charge in [-0.2, -0.15) is 0 Å². The molecule has 0 unspecified atom stereocenters. The molecule has 7 heteroatoms. The maximum absolute atomic E-state index is 12.3. The molecule has 2 aromatic carbocycles. The van der Waals surface area contributed by atoms with Crippen LogP contribution in [0.3, 0.4) is 0 Å². The van der Waals surface area contributed by atoms with Gasteiger partial charge in [-0.3, -0.25) is 0 Å². The Labute approximate surface area is 161 Å². The molecule has 0 bridgehead atoms. The molecule has 1 N–H and O–H groups in total. The molecule has 26 heavy (non-hydrogen) atoms. The van der Waals surface area contributed by atoms with Crippen LogP contribution < -0.4 is 10.1 Å². The van der Waals surface area contributed by atoms with Crippen LogP contribution in [0.4, 0.5) is 4.79 Å². The fourth-order valence-electron chi connectivity index (χ4n) is 2.38. The molecule has 6 nitrogen and oxygen atoms in total. The van der Waals surface area contributed by atoms with Gasteiger partial charge in [0.05, 0.1) is 14.2 Å². The molecule has 0 fully saturated rings. The van der Waals surface area contributed by atoms with Gasteiger partial charge in [-0.15, -0.1) is 0 Å². The number of hydrogen-bond acceptors (Lipinski definition) is 4. The van der Waals surface area contributed by atoms with Crippen molar-refractivity contribution < 1.29 is 19.1 Å². The monoisotopic (exact) mass is 420 g/mol. The molecule has 0 saturated heterocycles. The van der Waals surface area contributed by atoms with Crippen molar-refractivity contribution >= 4 is 27.9 Å². The number of rotatable bonds is 6. The third-order valence-corrected chi connectivity index (χ3v) is 4.32. The Hall–Kier alpha value is -2.54. The molecule has 0 saturated carbocycles. The number of urea groups is 1. The Morgan fingerprint density at radius 1 is 1.08 bits per heavy atom. The lowest BCUT2D eigenvalue weighted by atomic mass is 10.1. The van der Waals surface area contributed by atoms with Crippen LogP contribution >= 0.6 is 15.9 Å². The van der Waals surface area contributed by atoms with Crippen molar-refractivity contribution in [1.82, 2.24) is 10.2 Å². The fourth-order valence-corrected chi connectivity index (χ4v) is 2.65. The zero-order chi connectivity index (χ0) is 19.1. The largest absolute Gasteiger partial charge is 0.496 e. The quantitative estimate of drug-likeness (QED) is 0.725. The van der Waals surface area contributed by atoms with E-state index >= 15 is 0 Å². The van der Waals surface area contributed by atoms with Crippen LogP contribution in [0.5, 0.6) is 5.75 Å². The molecule has 0 heterocycles. The normalized spacial score (nSPS) is 10.2. The highest BCUT2D eigenvalue weighted by atomic mass is 79.9. The SMILES string of the molecule is COC(=O)c1cc(CNC(=O)N(C)Cc2ccc(Br)cc2)ccc1OC. The van der Waals surface area contributed by atoms with Gasteiger partial charge < -0.3 is 19.7 Å². The van der Waals surface area contributed by atoms with Crippen LogP contribution in [0.1, 0.15) is 21.5 Å². The molecule has 0 aromatic heterocycles. The second kappa shape index (κ2) is 9.24. The van der Waals surface area contributed by atoms with E-state index in [1.807, 2.05) is 24.3 Å². The maximum Gasteiger partial charge on any atom is 0.341 e. The number of carbonyl (C=O) groups is 2. The summed E-state index contributed by atoms with van der Waals surface area (Å²) in [5.74, 6) is -0.0540. The van der Waals surface area contributed by atoms with E-state index in [2.05, 4.69) is 21.2 Å². The van der Waals surface area contributed by atoms with Crippen molar-refractivity contribution in [3.63, 3.8) is 0 Å². The van der Waals surface area contributed by atoms with E-state index in [4.69, 9.17) is 9.47 Å². The van der Waals surface area contributed by atoms with Crippen molar-refractivity contribution in [3.05, 3.63) is 63.6 Å². The number of carbonyl (C=O) groups excluding carboxylic acids is 2. The first kappa shape index (κ1) is 19.8. The number of nitrogens with one attached hydrogen (secondary N) is 1. The molecular weight excluding hydrogens is 400 g/mol. The van der Waals surface area contributed by atoms with E-state index in [9.17, 15) is 9.59 Å². The molecule has 2 aromatic rings. The van der Waals surface area contributed by atoms with Crippen LogP contribution in [-0.2, 0) is 17.8 Å². The summed E-state index contributed by atoms with van der Waals surface area (Å²) in [4.78, 5) is 25.7. The summed E-state index contributed by atoms with van der Waals surface area (Å²) >= 11 is 3.39. The standard InChI is InChI=1S/C19H21BrN2O4/c1-22(12-13-4-7-15(20)8-5-13)19(24)21-11-14-6-9-17(25-2)16(10-14)18(23)26-3/h4-10H,11-12H2,1-3H3,(H,21,24). The first-order valence-corrected chi connectivity index (χ1v) is 8.72. The Morgan fingerprint density at radius 2 is 1.73 bits per heavy atom. The van der Waals surface area contributed by atoms with Gasteiger partial charge in [0.1, 0.15) is 11.3 Å². The number of ether oxygens (including phenoxy) is 2. The molecule has 0 radical (unpaired) electrons. The zero-order valence-electron chi connectivity index (χ0n) is 14.9. The topological polar surface area (TPSA) is 67.9 Å². The number of nitrogens with zero attached hydrogens (tertiary/aromatic N) is 1. The van der Waals surface area contributed by atoms with Gasteiger partial charge in [0.2, 0.25) is 0 Å². The lowest BCUT2D eigenvalue weighted by Crippen LogP contribution is -2.36. The van der Waals surface area contributed by atoms with Crippen LogP contribution in [0.15, 0.2) is 46.9 Å². The molecule has 2 rings (SSSR count). The Bertz CT molecular complexity index is 778. The van der Waals surface area contributed by atoms with Gasteiger partial charge in [-0.25, -0.2) is 9.59 Å². The molecular formula is C19H21BrN2O4. The highest BCUT2D eigenvalue weighted by Crippen LogP contribution is 2.20. The lowest BCUT2D eigenvalue weighted by Gasteiger charge is -2.18. The van der Waals surface area contributed by atoms with Crippen molar-refractivity contribution in [2.45, 2.75) is 13.1 Å². The van der Waals surface area contributed by atoms with Crippen LogP contribution in [-0.4, -0.2) is 38.2 Å². The fraction of sp³-hybridized carbons (Fsp3) is 0.263. The molecule has 2 amide bonds. The van der Waals surface area contributed by atoms with Gasteiger partial charge in [0.25, 0.3) is 0 Å². The first-order chi connectivity index (χ1) is 12.4. The summed E-state index contributed by atoms with van der Waals surface area (Å²) in [6.07, 6.45) is 0. The summed E-state index contributed by atoms with van der Waals surface area (Å²) in [6.45, 7) is 0.784. The predicted molar refractivity (Wildman–Crippen MR) is 102 cm³/mol. The molecule has 0 spiro atoms. The molecule has 0 aliphatic rings. The Kier molecular flexibility index (Phi) is 7.03. The lowest BCUT2D eigenvalue weighted by molar-refractivity contribution is 0.0597. The molecule has 138 valence electrons. The maximum atomic E-state index is 12.3. The van der Waals surface area contributed by atoms with E-state index in [0.717, 1.165) is 15.6 Å². The third-order valence-electron chi connectivity index (χ3n) is 3.79. The van der Waals surface area contributed by atoms with Gasteiger partial charge in [-0.05, 0) is 35.4 Å². The number of amides is 2. The second-order valence-corrected chi connectivity index (χ2v) is 6.58. The van der Waals surface area contributed by atoms with Crippen molar-refractivity contribution in [1.29, 1.82) is 0 Å². The summed E-state index contributed by atoms with van der Waals surface area (Å²) < 4.78 is 10.9. The highest BCUT2D eigenvalue weighted by Gasteiger charge is 2.14. The van der Waals surface area contributed by atoms with E-state index < -0.39 is 5.97 Å². The van der Waals surface area contributed by atoms with E-state index in [1.165, 1.54) is 14.2 Å². The van der Waals surface area contributed by atoms with Gasteiger partial charge >= 0.3 is 12.0 Å². The van der Waals surface area contributed by atoms with Crippen LogP contribution in [0.25, 0.3) is 0 Å². The molecule has 0 aliphatic carbocycles. The van der Waals surface area contributed by atoms with Crippen molar-refractivity contribution in [2.24, 2.45) is 0 Å². The molecule has 0 atom stereocenters. The van der Waals surface area contributed by atoms with Crippen molar-refractivity contribution in [2.75, 3.05) is 21.3 Å². The van der Waals surface area contributed by atoms with Gasteiger partial charge in [0, 0.05) is 24.6 Å². The average Bonchev–Trinajstić information content (AvgIpc) is 2.66. The zero-order valence-corrected chi connectivity index (χ0v) is 16.5. The van der Waals surface area contributed by atoms with E-state index in [1.54, 1.807) is 30.1 Å². The summed E-state index contributed by atoms with van der Waals surface area (Å²) in [6, 6.07) is 12.7. The number of benzene rings is 2. The van der Waals surface area contributed by atoms with Crippen molar-refractivity contribution in [3.8, 4) is 5.75 Å². The van der Waals surface area contributed by atoms with E-state index in [0.29, 0.717) is 17.9 Å². The highest BCUT2D eigenvalue weighted by molar-refractivity contribution is 9.10. The summed E-state index contributed by atoms with van der Waals surface area (Å²) in [7, 11) is 4.53. The smallest absolute Gasteiger partial charge is 0.341 e. The first-order valence-electron chi connectivity index (χ1n) is 7.93. The minimum absolute atomic E-state index is 0.205. The minimum Gasteiger partial charge on any atom is -0.496 e. The summed E-state index contributed by atoms with van der Waals surface area (Å²) in [5, 5.41) is 2.84. The van der Waals surface area contributed by atoms with Crippen LogP contribution in [0, 0.1) is 0 Å². The second-order valence-electron chi connectivity index (χ2n) is 5.67. The number of halogens is 1. The average molecular weight is 421 g/mol. The molecule has 0 aliphatic heterocycles. The van der Waals surface area contributed by atoms with Crippen LogP contribution in [0.2, 0.25) is 0 Å². The third kappa shape index (κ3) is 5.23. The van der Waals surface area contributed by atoms with E-state index in [-0.39, 0.29) is 12.6 Å². The number of hydrogen-bond donors (Lipinski definition) is 1. The Morgan fingerprint density at radius 3 is 2.35 bits per heavy atom. The number of methoxy groups -OCH3 is 2. The van der Waals surface area contributed by atoms with Gasteiger partial charge in [-0.1, -0.05) is 34.1 Å². The summed E-state index contributed by atoms with van der Waals surface area (Å²) in [5.41, 5.74) is 2.13. The number of esters is 1. The van der Waals surface area contributed by atoms with Gasteiger partial charge in [0.15, 0.2) is 0 Å². The predicted octanol–water partition coefficient (Wildman–Crippen LogP) is 3.59.